The van der Waals surface area contributed by atoms with Gasteiger partial charge < -0.3 is 5.11 Å². The second-order valence-electron chi connectivity index (χ2n) is 7.67. The molecule has 2 rings (SSSR count). The second kappa shape index (κ2) is 8.08. The van der Waals surface area contributed by atoms with E-state index in [1.807, 2.05) is 30.3 Å². The Bertz CT molecular complexity index is 502. The molecule has 120 valence electrons. The van der Waals surface area contributed by atoms with Crippen LogP contribution in [0.5, 0.6) is 5.75 Å². The molecule has 22 heavy (non-hydrogen) atoms. The zero-order valence-corrected chi connectivity index (χ0v) is 16.6. The average Bonchev–Trinajstić information content (AvgIpc) is 2.87. The molecule has 2 aromatic carbocycles. The smallest absolute Gasteiger partial charge is 0.123 e. The van der Waals surface area contributed by atoms with Crippen LogP contribution in [-0.4, -0.2) is 5.11 Å². The molecular weight excluding hydrogens is 304 g/mol. The number of phenols is 1. The number of benzene rings is 1. The molecule has 0 saturated heterocycles. The Kier molecular flexibility index (Phi) is 7.75. The summed E-state index contributed by atoms with van der Waals surface area (Å²) in [6.45, 7) is 14.9. The van der Waals surface area contributed by atoms with Crippen LogP contribution in [0.2, 0.25) is 0 Å². The largest absolute Gasteiger partial charge is 0.507 e. The fraction of sp³-hybridized carbons (Fsp3) is 0.450. The van der Waals surface area contributed by atoms with Crippen molar-refractivity contribution in [1.82, 2.24) is 0 Å². The van der Waals surface area contributed by atoms with Crippen LogP contribution in [0.1, 0.15) is 58.2 Å². The number of hydrogen-bond donors (Lipinski definition) is 1. The Morgan fingerprint density at radius 2 is 1.18 bits per heavy atom. The Morgan fingerprint density at radius 1 is 0.818 bits per heavy atom. The van der Waals surface area contributed by atoms with Gasteiger partial charge in [-0.15, -0.1) is 0 Å². The minimum atomic E-state index is -0.0178. The summed E-state index contributed by atoms with van der Waals surface area (Å²) in [4.78, 5) is 0. The van der Waals surface area contributed by atoms with Crippen molar-refractivity contribution >= 4 is 0 Å². The summed E-state index contributed by atoms with van der Waals surface area (Å²) in [7, 11) is 0. The van der Waals surface area contributed by atoms with Gasteiger partial charge in [0.05, 0.1) is 0 Å². The quantitative estimate of drug-likeness (QED) is 0.484. The molecule has 0 unspecified atom stereocenters. The maximum atomic E-state index is 10.4. The molecule has 0 aromatic heterocycles. The maximum absolute atomic E-state index is 10.4. The molecule has 0 fully saturated rings. The number of phenolic OH excluding ortho intramolecular Hbond substituents is 1. The molecule has 0 radical (unpaired) electrons. The van der Waals surface area contributed by atoms with E-state index in [9.17, 15) is 5.11 Å². The molecule has 0 bridgehead atoms. The predicted molar refractivity (Wildman–Crippen MR) is 92.3 cm³/mol. The van der Waals surface area contributed by atoms with E-state index in [0.29, 0.717) is 5.75 Å². The molecule has 0 aliphatic heterocycles. The van der Waals surface area contributed by atoms with Gasteiger partial charge in [-0.3, -0.25) is 0 Å². The molecule has 0 spiro atoms. The Hall–Kier alpha value is -0.916. The van der Waals surface area contributed by atoms with Gasteiger partial charge in [0.2, 0.25) is 0 Å². The third kappa shape index (κ3) is 6.06. The fourth-order valence-electron chi connectivity index (χ4n) is 2.24. The van der Waals surface area contributed by atoms with Gasteiger partial charge in [0, 0.05) is 21.7 Å². The zero-order chi connectivity index (χ0) is 16.3. The van der Waals surface area contributed by atoms with Crippen LogP contribution in [0.25, 0.3) is 0 Å². The molecule has 0 aliphatic carbocycles. The fourth-order valence-corrected chi connectivity index (χ4v) is 2.24. The summed E-state index contributed by atoms with van der Waals surface area (Å²) >= 11 is 0. The van der Waals surface area contributed by atoms with Crippen LogP contribution in [0.3, 0.4) is 0 Å². The topological polar surface area (TPSA) is 20.2 Å². The molecule has 0 amide bonds. The van der Waals surface area contributed by atoms with E-state index in [-0.39, 0.29) is 32.5 Å². The standard InChI is InChI=1S/C15H24O.C5H5.Ti/c1-10-8-11(14(2,3)4)13(16)12(9-10)15(5,6)7;1-2-4-5-3-1;/h8-9,16H,1-7H3;1-5H;/q;-1;. The minimum absolute atomic E-state index is 0. The van der Waals surface area contributed by atoms with Gasteiger partial charge in [-0.1, -0.05) is 59.2 Å². The van der Waals surface area contributed by atoms with Crippen LogP contribution in [-0.2, 0) is 32.5 Å². The molecule has 0 saturated carbocycles. The van der Waals surface area contributed by atoms with Crippen molar-refractivity contribution in [2.24, 2.45) is 0 Å². The van der Waals surface area contributed by atoms with Crippen molar-refractivity contribution < 1.29 is 26.8 Å². The van der Waals surface area contributed by atoms with Crippen LogP contribution in [0, 0.1) is 6.92 Å². The minimum Gasteiger partial charge on any atom is -0.507 e. The van der Waals surface area contributed by atoms with E-state index in [1.54, 1.807) is 0 Å². The summed E-state index contributed by atoms with van der Waals surface area (Å²) in [6.07, 6.45) is 0. The summed E-state index contributed by atoms with van der Waals surface area (Å²) in [5.74, 6) is 0.464. The molecule has 1 N–H and O–H groups in total. The monoisotopic (exact) mass is 333 g/mol. The molecule has 2 heteroatoms. The van der Waals surface area contributed by atoms with Crippen LogP contribution in [0.4, 0.5) is 0 Å². The van der Waals surface area contributed by atoms with E-state index in [2.05, 4.69) is 60.6 Å². The summed E-state index contributed by atoms with van der Waals surface area (Å²) in [5.41, 5.74) is 3.26. The van der Waals surface area contributed by atoms with Gasteiger partial charge in [0.25, 0.3) is 0 Å². The van der Waals surface area contributed by atoms with Gasteiger partial charge in [0.15, 0.2) is 0 Å². The van der Waals surface area contributed by atoms with Crippen molar-refractivity contribution in [3.63, 3.8) is 0 Å². The molecule has 0 atom stereocenters. The first-order valence-electron chi connectivity index (χ1n) is 7.54. The van der Waals surface area contributed by atoms with Gasteiger partial charge >= 0.3 is 0 Å². The van der Waals surface area contributed by atoms with Gasteiger partial charge in [-0.2, -0.15) is 18.2 Å². The van der Waals surface area contributed by atoms with Crippen molar-refractivity contribution in [2.75, 3.05) is 0 Å². The first-order valence-corrected chi connectivity index (χ1v) is 7.54. The van der Waals surface area contributed by atoms with Crippen LogP contribution < -0.4 is 0 Å². The Morgan fingerprint density at radius 3 is 1.41 bits per heavy atom. The average molecular weight is 333 g/mol. The first kappa shape index (κ1) is 21.1. The third-order valence-corrected chi connectivity index (χ3v) is 3.43. The van der Waals surface area contributed by atoms with Crippen molar-refractivity contribution in [3.05, 3.63) is 59.2 Å². The Labute approximate surface area is 151 Å². The number of rotatable bonds is 0. The maximum Gasteiger partial charge on any atom is 0.123 e. The first-order chi connectivity index (χ1) is 9.53. The summed E-state index contributed by atoms with van der Waals surface area (Å²) < 4.78 is 0. The molecule has 0 aliphatic rings. The van der Waals surface area contributed by atoms with E-state index >= 15 is 0 Å². The third-order valence-electron chi connectivity index (χ3n) is 3.43. The Balaban J connectivity index is 0.000000622. The zero-order valence-electron chi connectivity index (χ0n) is 15.0. The van der Waals surface area contributed by atoms with E-state index in [0.717, 1.165) is 11.1 Å². The SMILES string of the molecule is Cc1cc(C(C)(C)C)c(O)c(C(C)(C)C)c1.[Ti].c1cc[cH-]c1. The number of hydrogen-bond acceptors (Lipinski definition) is 1. The number of aryl methyl sites for hydroxylation is 1. The normalized spacial score (nSPS) is 11.2. The van der Waals surface area contributed by atoms with Crippen LogP contribution >= 0.6 is 0 Å². The summed E-state index contributed by atoms with van der Waals surface area (Å²) in [5, 5.41) is 10.4. The molecule has 2 aromatic rings. The van der Waals surface area contributed by atoms with Gasteiger partial charge in [-0.25, -0.2) is 12.1 Å². The van der Waals surface area contributed by atoms with Crippen molar-refractivity contribution in [1.29, 1.82) is 0 Å². The van der Waals surface area contributed by atoms with Crippen LogP contribution in [0.15, 0.2) is 42.5 Å². The molecule has 1 nitrogen and oxygen atoms in total. The second-order valence-corrected chi connectivity index (χ2v) is 7.67. The molecule has 0 heterocycles. The molecular formula is C20H29OTi-. The van der Waals surface area contributed by atoms with E-state index in [1.165, 1.54) is 5.56 Å². The van der Waals surface area contributed by atoms with Crippen molar-refractivity contribution in [2.45, 2.75) is 59.3 Å². The summed E-state index contributed by atoms with van der Waals surface area (Å²) in [6, 6.07) is 14.2. The van der Waals surface area contributed by atoms with E-state index < -0.39 is 0 Å². The van der Waals surface area contributed by atoms with Gasteiger partial charge in [0.1, 0.15) is 5.75 Å². The van der Waals surface area contributed by atoms with Crippen molar-refractivity contribution in [3.8, 4) is 5.75 Å². The van der Waals surface area contributed by atoms with E-state index in [4.69, 9.17) is 0 Å². The number of aromatic hydroxyl groups is 1. The predicted octanol–water partition coefficient (Wildman–Crippen LogP) is 5.70. The van der Waals surface area contributed by atoms with Gasteiger partial charge in [-0.05, 0) is 28.9 Å².